The summed E-state index contributed by atoms with van der Waals surface area (Å²) in [6.45, 7) is 8.16. The van der Waals surface area contributed by atoms with E-state index in [0.717, 1.165) is 18.4 Å². The van der Waals surface area contributed by atoms with Crippen LogP contribution in [0.25, 0.3) is 0 Å². The summed E-state index contributed by atoms with van der Waals surface area (Å²) in [5.41, 5.74) is 3.70. The highest BCUT2D eigenvalue weighted by Gasteiger charge is 2.12. The largest absolute Gasteiger partial charge is 0.0978 e. The van der Waals surface area contributed by atoms with Gasteiger partial charge in [-0.05, 0) is 53.5 Å². The predicted octanol–water partition coefficient (Wildman–Crippen LogP) is 4.96. The van der Waals surface area contributed by atoms with Crippen LogP contribution in [0.2, 0.25) is 0 Å². The van der Waals surface area contributed by atoms with Crippen LogP contribution in [0.1, 0.15) is 19.3 Å². The molecule has 0 aliphatic heterocycles. The maximum Gasteiger partial charge on any atom is 0.0116 e. The number of benzene rings is 1. The Morgan fingerprint density at radius 3 is 2.56 bits per heavy atom. The first-order chi connectivity index (χ1) is 7.77. The summed E-state index contributed by atoms with van der Waals surface area (Å²) in [4.78, 5) is 1.28. The van der Waals surface area contributed by atoms with Crippen molar-refractivity contribution in [3.63, 3.8) is 0 Å². The van der Waals surface area contributed by atoms with E-state index in [2.05, 4.69) is 42.8 Å². The number of allylic oxidation sites excluding steroid dienone is 3. The second-order valence-electron chi connectivity index (χ2n) is 4.01. The minimum absolute atomic E-state index is 1.10. The second-order valence-corrected chi connectivity index (χ2v) is 4.95. The third-order valence-electron chi connectivity index (χ3n) is 2.82. The summed E-state index contributed by atoms with van der Waals surface area (Å²) >= 11 is 1.77. The summed E-state index contributed by atoms with van der Waals surface area (Å²) in [6.07, 6.45) is 3.45. The molecule has 0 N–H and O–H groups in total. The van der Waals surface area contributed by atoms with Crippen LogP contribution in [-0.4, -0.2) is 0 Å². The lowest BCUT2D eigenvalue weighted by Gasteiger charge is -2.19. The quantitative estimate of drug-likeness (QED) is 0.645. The average molecular weight is 228 g/mol. The van der Waals surface area contributed by atoms with Crippen molar-refractivity contribution in [2.24, 2.45) is 0 Å². The van der Waals surface area contributed by atoms with Crippen molar-refractivity contribution in [2.75, 3.05) is 0 Å². The molecule has 0 bridgehead atoms. The van der Waals surface area contributed by atoms with Gasteiger partial charge in [-0.2, -0.15) is 0 Å². The van der Waals surface area contributed by atoms with Crippen LogP contribution in [0.5, 0.6) is 0 Å². The van der Waals surface area contributed by atoms with Gasteiger partial charge in [0.2, 0.25) is 0 Å². The predicted molar refractivity (Wildman–Crippen MR) is 72.5 cm³/mol. The first kappa shape index (κ1) is 11.3. The highest BCUT2D eigenvalue weighted by Crippen LogP contribution is 2.33. The molecule has 0 saturated heterocycles. The van der Waals surface area contributed by atoms with Crippen molar-refractivity contribution in [1.29, 1.82) is 0 Å². The fourth-order valence-electron chi connectivity index (χ4n) is 1.79. The van der Waals surface area contributed by atoms with Crippen LogP contribution in [0.4, 0.5) is 0 Å². The zero-order valence-corrected chi connectivity index (χ0v) is 10.2. The minimum atomic E-state index is 1.10. The number of hydrogen-bond acceptors (Lipinski definition) is 1. The van der Waals surface area contributed by atoms with Gasteiger partial charge in [0.25, 0.3) is 0 Å². The maximum atomic E-state index is 4.11. The van der Waals surface area contributed by atoms with Gasteiger partial charge in [-0.1, -0.05) is 43.1 Å². The first-order valence-electron chi connectivity index (χ1n) is 5.55. The zero-order chi connectivity index (χ0) is 11.4. The van der Waals surface area contributed by atoms with Gasteiger partial charge in [-0.3, -0.25) is 0 Å². The Balaban J connectivity index is 2.07. The molecule has 0 spiro atoms. The van der Waals surface area contributed by atoms with Crippen molar-refractivity contribution in [1.82, 2.24) is 0 Å². The first-order valence-corrected chi connectivity index (χ1v) is 6.43. The molecular weight excluding hydrogens is 212 g/mol. The molecule has 0 aromatic heterocycles. The molecule has 0 heterocycles. The summed E-state index contributed by atoms with van der Waals surface area (Å²) in [5, 5.41) is 2.22. The Morgan fingerprint density at radius 2 is 1.81 bits per heavy atom. The molecule has 1 aliphatic carbocycles. The Morgan fingerprint density at radius 1 is 1.06 bits per heavy atom. The Kier molecular flexibility index (Phi) is 3.68. The molecule has 2 rings (SSSR count). The molecule has 1 aromatic rings. The van der Waals surface area contributed by atoms with Crippen LogP contribution >= 0.6 is 11.8 Å². The zero-order valence-electron chi connectivity index (χ0n) is 9.41. The molecule has 1 heteroatoms. The summed E-state index contributed by atoms with van der Waals surface area (Å²) < 4.78 is 0. The van der Waals surface area contributed by atoms with Crippen LogP contribution in [0.15, 0.2) is 70.5 Å². The topological polar surface area (TPSA) is 0 Å². The van der Waals surface area contributed by atoms with Gasteiger partial charge >= 0.3 is 0 Å². The number of thioether (sulfide) groups is 1. The van der Waals surface area contributed by atoms with E-state index in [4.69, 9.17) is 0 Å². The van der Waals surface area contributed by atoms with Crippen LogP contribution in [0.3, 0.4) is 0 Å². The van der Waals surface area contributed by atoms with E-state index in [9.17, 15) is 0 Å². The second kappa shape index (κ2) is 5.22. The van der Waals surface area contributed by atoms with Gasteiger partial charge in [-0.25, -0.2) is 0 Å². The number of rotatable bonds is 2. The summed E-state index contributed by atoms with van der Waals surface area (Å²) in [7, 11) is 0. The monoisotopic (exact) mass is 228 g/mol. The molecule has 0 unspecified atom stereocenters. The minimum Gasteiger partial charge on any atom is -0.0978 e. The van der Waals surface area contributed by atoms with Gasteiger partial charge in [0.1, 0.15) is 0 Å². The van der Waals surface area contributed by atoms with Crippen molar-refractivity contribution in [2.45, 2.75) is 24.2 Å². The van der Waals surface area contributed by atoms with Gasteiger partial charge in [-0.15, -0.1) is 0 Å². The smallest absolute Gasteiger partial charge is 0.0116 e. The molecule has 0 amide bonds. The molecule has 1 fully saturated rings. The van der Waals surface area contributed by atoms with E-state index in [0.29, 0.717) is 0 Å². The molecule has 1 aromatic carbocycles. The SMILES string of the molecule is C=C1CCCC(=CSc2ccccc2)C1=C. The maximum absolute atomic E-state index is 4.11. The molecule has 1 aliphatic rings. The molecule has 16 heavy (non-hydrogen) atoms. The third-order valence-corrected chi connectivity index (χ3v) is 3.77. The van der Waals surface area contributed by atoms with Crippen LogP contribution in [-0.2, 0) is 0 Å². The lowest BCUT2D eigenvalue weighted by Crippen LogP contribution is -1.99. The van der Waals surface area contributed by atoms with Gasteiger partial charge < -0.3 is 0 Å². The number of hydrogen-bond donors (Lipinski definition) is 0. The summed E-state index contributed by atoms with van der Waals surface area (Å²) in [5.74, 6) is 0. The Labute approximate surface area is 102 Å². The standard InChI is InChI=1S/C15H16S/c1-12-7-6-8-14(13(12)2)11-16-15-9-4-3-5-10-15/h3-5,9-11H,1-2,6-8H2. The normalized spacial score (nSPS) is 19.1. The molecule has 0 atom stereocenters. The van der Waals surface area contributed by atoms with Gasteiger partial charge in [0.05, 0.1) is 0 Å². The van der Waals surface area contributed by atoms with Crippen molar-refractivity contribution in [3.05, 3.63) is 65.6 Å². The average Bonchev–Trinajstić information content (AvgIpc) is 2.32. The fraction of sp³-hybridized carbons (Fsp3) is 0.200. The Bertz CT molecular complexity index is 426. The van der Waals surface area contributed by atoms with E-state index in [1.165, 1.54) is 22.5 Å². The van der Waals surface area contributed by atoms with E-state index >= 15 is 0 Å². The van der Waals surface area contributed by atoms with Crippen molar-refractivity contribution < 1.29 is 0 Å². The Hall–Kier alpha value is -1.21. The lowest BCUT2D eigenvalue weighted by molar-refractivity contribution is 0.778. The van der Waals surface area contributed by atoms with Crippen molar-refractivity contribution >= 4 is 11.8 Å². The van der Waals surface area contributed by atoms with E-state index < -0.39 is 0 Å². The van der Waals surface area contributed by atoms with Gasteiger partial charge in [0.15, 0.2) is 0 Å². The fourth-order valence-corrected chi connectivity index (χ4v) is 2.64. The highest BCUT2D eigenvalue weighted by atomic mass is 32.2. The summed E-state index contributed by atoms with van der Waals surface area (Å²) in [6, 6.07) is 10.4. The molecular formula is C15H16S. The van der Waals surface area contributed by atoms with E-state index in [1.54, 1.807) is 11.8 Å². The van der Waals surface area contributed by atoms with Gasteiger partial charge in [0, 0.05) is 4.90 Å². The molecule has 82 valence electrons. The molecule has 1 saturated carbocycles. The highest BCUT2D eigenvalue weighted by molar-refractivity contribution is 8.02. The van der Waals surface area contributed by atoms with E-state index in [-0.39, 0.29) is 0 Å². The third kappa shape index (κ3) is 2.67. The molecule has 0 nitrogen and oxygen atoms in total. The van der Waals surface area contributed by atoms with Crippen molar-refractivity contribution in [3.8, 4) is 0 Å². The lowest BCUT2D eigenvalue weighted by atomic mass is 9.88. The molecule has 0 radical (unpaired) electrons. The van der Waals surface area contributed by atoms with Crippen LogP contribution < -0.4 is 0 Å². The van der Waals surface area contributed by atoms with Crippen LogP contribution in [0, 0.1) is 0 Å². The van der Waals surface area contributed by atoms with E-state index in [1.807, 2.05) is 6.07 Å².